The smallest absolute Gasteiger partial charge is 0.338 e. The van der Waals surface area contributed by atoms with Crippen molar-refractivity contribution in [2.24, 2.45) is 0 Å². The average molecular weight is 246 g/mol. The molecule has 0 radical (unpaired) electrons. The number of benzene rings is 1. The summed E-state index contributed by atoms with van der Waals surface area (Å²) in [5.74, 6) is -0.242. The van der Waals surface area contributed by atoms with E-state index in [4.69, 9.17) is 4.74 Å². The number of hydrogen-bond donors (Lipinski definition) is 1. The van der Waals surface area contributed by atoms with Crippen molar-refractivity contribution < 1.29 is 9.53 Å². The van der Waals surface area contributed by atoms with E-state index >= 15 is 0 Å². The molecule has 1 aromatic rings. The van der Waals surface area contributed by atoms with Crippen molar-refractivity contribution in [1.29, 1.82) is 0 Å². The van der Waals surface area contributed by atoms with Crippen LogP contribution >= 0.6 is 0 Å². The highest BCUT2D eigenvalue weighted by molar-refractivity contribution is 5.89. The minimum atomic E-state index is -0.242. The first-order valence-electron chi connectivity index (χ1n) is 6.55. The van der Waals surface area contributed by atoms with Crippen LogP contribution in [0.2, 0.25) is 0 Å². The van der Waals surface area contributed by atoms with Crippen molar-refractivity contribution >= 4 is 11.7 Å². The summed E-state index contributed by atoms with van der Waals surface area (Å²) in [5.41, 5.74) is 1.83. The Balaban J connectivity index is 1.73. The molecular weight excluding hydrogens is 228 g/mol. The van der Waals surface area contributed by atoms with E-state index in [1.807, 2.05) is 31.2 Å². The Labute approximate surface area is 107 Å². The van der Waals surface area contributed by atoms with Crippen LogP contribution in [0.5, 0.6) is 0 Å². The number of carbonyl (C=O) groups is 1. The number of carbonyl (C=O) groups excluding carboxylic acids is 1. The fraction of sp³-hybridized carbons (Fsp3) is 0.500. The van der Waals surface area contributed by atoms with Crippen molar-refractivity contribution in [3.63, 3.8) is 0 Å². The molecule has 4 nitrogen and oxygen atoms in total. The highest BCUT2D eigenvalue weighted by Crippen LogP contribution is 2.29. The second-order valence-electron chi connectivity index (χ2n) is 4.91. The Morgan fingerprint density at radius 1 is 1.44 bits per heavy atom. The summed E-state index contributed by atoms with van der Waals surface area (Å²) in [6.07, 6.45) is 1.24. The average Bonchev–Trinajstić information content (AvgIpc) is 3.01. The van der Waals surface area contributed by atoms with Gasteiger partial charge in [0.2, 0.25) is 0 Å². The van der Waals surface area contributed by atoms with E-state index in [0.29, 0.717) is 24.3 Å². The van der Waals surface area contributed by atoms with Crippen LogP contribution in [0.15, 0.2) is 24.3 Å². The minimum Gasteiger partial charge on any atom is -0.462 e. The zero-order valence-electron chi connectivity index (χ0n) is 10.6. The van der Waals surface area contributed by atoms with E-state index in [1.54, 1.807) is 0 Å². The van der Waals surface area contributed by atoms with Gasteiger partial charge in [-0.15, -0.1) is 0 Å². The molecule has 0 spiro atoms. The number of nitrogens with zero attached hydrogens (tertiary/aromatic N) is 1. The molecule has 2 bridgehead atoms. The molecular formula is C14H18N2O2. The van der Waals surface area contributed by atoms with Crippen LogP contribution in [0.4, 0.5) is 5.69 Å². The van der Waals surface area contributed by atoms with Gasteiger partial charge in [0.05, 0.1) is 12.2 Å². The highest BCUT2D eigenvalue weighted by Gasteiger charge is 2.37. The van der Waals surface area contributed by atoms with Gasteiger partial charge in [-0.05, 0) is 37.6 Å². The first-order chi connectivity index (χ1) is 8.78. The molecule has 1 aromatic carbocycles. The van der Waals surface area contributed by atoms with Crippen LogP contribution in [-0.4, -0.2) is 37.7 Å². The second kappa shape index (κ2) is 4.61. The number of hydrogen-bond acceptors (Lipinski definition) is 4. The molecule has 2 aliphatic rings. The number of fused-ring (bicyclic) bond motifs is 2. The molecule has 2 heterocycles. The topological polar surface area (TPSA) is 41.6 Å². The third-order valence-corrected chi connectivity index (χ3v) is 3.77. The summed E-state index contributed by atoms with van der Waals surface area (Å²) in [4.78, 5) is 14.0. The molecule has 4 heteroatoms. The third kappa shape index (κ3) is 1.97. The lowest BCUT2D eigenvalue weighted by Crippen LogP contribution is -2.43. The molecule has 2 atom stereocenters. The standard InChI is InChI=1S/C14H18N2O2/c1-2-18-14(17)10-3-5-12(6-4-10)16-9-11-7-13(16)8-15-11/h3-6,11,13,15H,2,7-9H2,1H3. The zero-order valence-corrected chi connectivity index (χ0v) is 10.6. The van der Waals surface area contributed by atoms with E-state index in [0.717, 1.165) is 13.1 Å². The van der Waals surface area contributed by atoms with Crippen LogP contribution in [0.1, 0.15) is 23.7 Å². The van der Waals surface area contributed by atoms with Crippen molar-refractivity contribution in [2.75, 3.05) is 24.6 Å². The molecule has 2 unspecified atom stereocenters. The maximum atomic E-state index is 11.6. The molecule has 0 amide bonds. The van der Waals surface area contributed by atoms with Gasteiger partial charge >= 0.3 is 5.97 Å². The van der Waals surface area contributed by atoms with E-state index in [1.165, 1.54) is 12.1 Å². The fourth-order valence-electron chi connectivity index (χ4n) is 2.88. The second-order valence-corrected chi connectivity index (χ2v) is 4.91. The predicted molar refractivity (Wildman–Crippen MR) is 69.9 cm³/mol. The van der Waals surface area contributed by atoms with E-state index in [2.05, 4.69) is 10.2 Å². The van der Waals surface area contributed by atoms with E-state index < -0.39 is 0 Å². The predicted octanol–water partition coefficient (Wildman–Crippen LogP) is 1.41. The van der Waals surface area contributed by atoms with E-state index in [9.17, 15) is 4.79 Å². The number of rotatable bonds is 3. The Morgan fingerprint density at radius 3 is 2.78 bits per heavy atom. The number of ether oxygens (including phenoxy) is 1. The minimum absolute atomic E-state index is 0.242. The maximum Gasteiger partial charge on any atom is 0.338 e. The van der Waals surface area contributed by atoms with Crippen LogP contribution in [-0.2, 0) is 4.74 Å². The Kier molecular flexibility index (Phi) is 2.96. The monoisotopic (exact) mass is 246 g/mol. The van der Waals surface area contributed by atoms with Crippen LogP contribution in [0.25, 0.3) is 0 Å². The number of anilines is 1. The lowest BCUT2D eigenvalue weighted by atomic mass is 10.2. The summed E-state index contributed by atoms with van der Waals surface area (Å²) in [6, 6.07) is 9.00. The van der Waals surface area contributed by atoms with Gasteiger partial charge in [-0.1, -0.05) is 0 Å². The Hall–Kier alpha value is -1.55. The molecule has 18 heavy (non-hydrogen) atoms. The van der Waals surface area contributed by atoms with Crippen molar-refractivity contribution in [3.05, 3.63) is 29.8 Å². The highest BCUT2D eigenvalue weighted by atomic mass is 16.5. The summed E-state index contributed by atoms with van der Waals surface area (Å²) in [6.45, 7) is 4.39. The third-order valence-electron chi connectivity index (χ3n) is 3.77. The molecule has 1 N–H and O–H groups in total. The SMILES string of the molecule is CCOC(=O)c1ccc(N2CC3CC2CN3)cc1. The largest absolute Gasteiger partial charge is 0.462 e. The van der Waals surface area contributed by atoms with Crippen LogP contribution in [0.3, 0.4) is 0 Å². The molecule has 0 aliphatic carbocycles. The summed E-state index contributed by atoms with van der Waals surface area (Å²) in [5, 5.41) is 3.49. The van der Waals surface area contributed by atoms with Gasteiger partial charge in [0.15, 0.2) is 0 Å². The van der Waals surface area contributed by atoms with Gasteiger partial charge < -0.3 is 15.0 Å². The first kappa shape index (κ1) is 11.5. The van der Waals surface area contributed by atoms with Gasteiger partial charge in [-0.3, -0.25) is 0 Å². The number of esters is 1. The molecule has 2 fully saturated rings. The molecule has 0 aromatic heterocycles. The van der Waals surface area contributed by atoms with Gasteiger partial charge in [-0.25, -0.2) is 4.79 Å². The molecule has 2 aliphatic heterocycles. The quantitative estimate of drug-likeness (QED) is 0.819. The maximum absolute atomic E-state index is 11.6. The van der Waals surface area contributed by atoms with E-state index in [-0.39, 0.29) is 5.97 Å². The number of nitrogens with one attached hydrogen (secondary N) is 1. The number of piperazine rings is 1. The Morgan fingerprint density at radius 2 is 2.22 bits per heavy atom. The van der Waals surface area contributed by atoms with Gasteiger partial charge in [0, 0.05) is 30.9 Å². The zero-order chi connectivity index (χ0) is 12.5. The normalized spacial score (nSPS) is 25.5. The van der Waals surface area contributed by atoms with Crippen LogP contribution < -0.4 is 10.2 Å². The molecule has 0 saturated carbocycles. The van der Waals surface area contributed by atoms with Crippen molar-refractivity contribution in [3.8, 4) is 0 Å². The van der Waals surface area contributed by atoms with Gasteiger partial charge in [0.1, 0.15) is 0 Å². The summed E-state index contributed by atoms with van der Waals surface area (Å²) >= 11 is 0. The lowest BCUT2D eigenvalue weighted by Gasteiger charge is -2.29. The fourth-order valence-corrected chi connectivity index (χ4v) is 2.88. The summed E-state index contributed by atoms with van der Waals surface area (Å²) < 4.78 is 4.98. The van der Waals surface area contributed by atoms with Crippen molar-refractivity contribution in [2.45, 2.75) is 25.4 Å². The molecule has 3 rings (SSSR count). The molecule has 96 valence electrons. The van der Waals surface area contributed by atoms with Crippen molar-refractivity contribution in [1.82, 2.24) is 5.32 Å². The lowest BCUT2D eigenvalue weighted by molar-refractivity contribution is 0.0526. The van der Waals surface area contributed by atoms with Crippen LogP contribution in [0, 0.1) is 0 Å². The van der Waals surface area contributed by atoms with Gasteiger partial charge in [-0.2, -0.15) is 0 Å². The molecule has 2 saturated heterocycles. The first-order valence-corrected chi connectivity index (χ1v) is 6.55. The Bertz CT molecular complexity index is 444. The van der Waals surface area contributed by atoms with Gasteiger partial charge in [0.25, 0.3) is 0 Å². The summed E-state index contributed by atoms with van der Waals surface area (Å²) in [7, 11) is 0.